The molecule has 0 spiro atoms. The molecule has 1 fully saturated rings. The molecule has 0 unspecified atom stereocenters. The number of likely N-dealkylation sites (tertiary alicyclic amines) is 1. The van der Waals surface area contributed by atoms with Crippen LogP contribution >= 0.6 is 0 Å². The van der Waals surface area contributed by atoms with Crippen molar-refractivity contribution in [1.82, 2.24) is 15.2 Å². The molecule has 1 saturated heterocycles. The molecule has 2 N–H and O–H groups in total. The predicted molar refractivity (Wildman–Crippen MR) is 102 cm³/mol. The van der Waals surface area contributed by atoms with Crippen LogP contribution in [0.25, 0.3) is 0 Å². The van der Waals surface area contributed by atoms with Crippen LogP contribution in [0, 0.1) is 5.82 Å². The normalized spacial score (nSPS) is 16.6. The summed E-state index contributed by atoms with van der Waals surface area (Å²) in [5.74, 6) is 0.219. The van der Waals surface area contributed by atoms with Gasteiger partial charge in [0.2, 0.25) is 11.8 Å². The first-order valence-electron chi connectivity index (χ1n) is 9.02. The standard InChI is InChI=1S/C20H25FN4O2/c1-22-19(26)20(24-17-7-3-6-16(21)13-17)8-11-25(12-9-20)14-15-5-4-10-23-18(15)27-2/h3-7,10,13,24H,8-9,11-12,14H2,1-2H3,(H,22,26). The topological polar surface area (TPSA) is 66.5 Å². The van der Waals surface area contributed by atoms with Gasteiger partial charge in [0.15, 0.2) is 0 Å². The van der Waals surface area contributed by atoms with Gasteiger partial charge in [-0.1, -0.05) is 12.1 Å². The van der Waals surface area contributed by atoms with Crippen LogP contribution in [0.1, 0.15) is 18.4 Å². The summed E-state index contributed by atoms with van der Waals surface area (Å²) in [6.07, 6.45) is 2.94. The number of likely N-dealkylation sites (N-methyl/N-ethyl adjacent to an activating group) is 1. The molecule has 0 radical (unpaired) electrons. The smallest absolute Gasteiger partial charge is 0.245 e. The number of amides is 1. The van der Waals surface area contributed by atoms with Gasteiger partial charge in [0, 0.05) is 44.1 Å². The first-order chi connectivity index (χ1) is 13.1. The molecule has 0 saturated carbocycles. The van der Waals surface area contributed by atoms with Crippen molar-refractivity contribution in [2.75, 3.05) is 32.6 Å². The van der Waals surface area contributed by atoms with Crippen molar-refractivity contribution in [2.24, 2.45) is 0 Å². The number of halogens is 1. The van der Waals surface area contributed by atoms with Crippen molar-refractivity contribution < 1.29 is 13.9 Å². The Morgan fingerprint density at radius 3 is 2.74 bits per heavy atom. The van der Waals surface area contributed by atoms with Crippen molar-refractivity contribution in [1.29, 1.82) is 0 Å². The number of hydrogen-bond donors (Lipinski definition) is 2. The summed E-state index contributed by atoms with van der Waals surface area (Å²) < 4.78 is 18.9. The summed E-state index contributed by atoms with van der Waals surface area (Å²) in [4.78, 5) is 19.1. The van der Waals surface area contributed by atoms with E-state index in [4.69, 9.17) is 4.74 Å². The molecular formula is C20H25FN4O2. The molecule has 2 heterocycles. The molecule has 6 nitrogen and oxygen atoms in total. The molecular weight excluding hydrogens is 347 g/mol. The fourth-order valence-electron chi connectivity index (χ4n) is 3.55. The van der Waals surface area contributed by atoms with Gasteiger partial charge in [-0.2, -0.15) is 0 Å². The van der Waals surface area contributed by atoms with Gasteiger partial charge in [0.25, 0.3) is 0 Å². The summed E-state index contributed by atoms with van der Waals surface area (Å²) in [6.45, 7) is 2.17. The van der Waals surface area contributed by atoms with E-state index in [0.717, 1.165) is 18.7 Å². The lowest BCUT2D eigenvalue weighted by Crippen LogP contribution is -2.57. The second-order valence-electron chi connectivity index (χ2n) is 6.74. The first kappa shape index (κ1) is 19.1. The molecule has 3 rings (SSSR count). The number of aromatic nitrogens is 1. The maximum absolute atomic E-state index is 13.5. The Morgan fingerprint density at radius 1 is 1.30 bits per heavy atom. The predicted octanol–water partition coefficient (Wildman–Crippen LogP) is 2.42. The van der Waals surface area contributed by atoms with Crippen LogP contribution < -0.4 is 15.4 Å². The minimum Gasteiger partial charge on any atom is -0.481 e. The fourth-order valence-corrected chi connectivity index (χ4v) is 3.55. The van der Waals surface area contributed by atoms with E-state index in [2.05, 4.69) is 20.5 Å². The van der Waals surface area contributed by atoms with Crippen molar-refractivity contribution in [2.45, 2.75) is 24.9 Å². The van der Waals surface area contributed by atoms with Gasteiger partial charge in [0.1, 0.15) is 11.4 Å². The average Bonchev–Trinajstić information content (AvgIpc) is 2.69. The van der Waals surface area contributed by atoms with E-state index in [1.165, 1.54) is 12.1 Å². The van der Waals surface area contributed by atoms with E-state index in [1.807, 2.05) is 12.1 Å². The number of nitrogens with one attached hydrogen (secondary N) is 2. The molecule has 2 aromatic rings. The van der Waals surface area contributed by atoms with E-state index in [0.29, 0.717) is 31.0 Å². The first-order valence-corrected chi connectivity index (χ1v) is 9.02. The number of rotatable bonds is 6. The third kappa shape index (κ3) is 4.36. The maximum Gasteiger partial charge on any atom is 0.245 e. The zero-order chi connectivity index (χ0) is 19.3. The Labute approximate surface area is 158 Å². The molecule has 144 valence electrons. The number of anilines is 1. The van der Waals surface area contributed by atoms with E-state index in [1.54, 1.807) is 32.5 Å². The lowest BCUT2D eigenvalue weighted by Gasteiger charge is -2.41. The number of hydrogen-bond acceptors (Lipinski definition) is 5. The molecule has 0 bridgehead atoms. The lowest BCUT2D eigenvalue weighted by atomic mass is 9.85. The van der Waals surface area contributed by atoms with Crippen LogP contribution in [0.3, 0.4) is 0 Å². The largest absolute Gasteiger partial charge is 0.481 e. The van der Waals surface area contributed by atoms with Gasteiger partial charge in [-0.25, -0.2) is 9.37 Å². The van der Waals surface area contributed by atoms with Crippen molar-refractivity contribution in [3.05, 3.63) is 54.0 Å². The number of carbonyl (C=O) groups excluding carboxylic acids is 1. The number of ether oxygens (including phenoxy) is 1. The minimum absolute atomic E-state index is 0.0784. The molecule has 27 heavy (non-hydrogen) atoms. The van der Waals surface area contributed by atoms with Crippen LogP contribution in [0.5, 0.6) is 5.88 Å². The van der Waals surface area contributed by atoms with Gasteiger partial charge in [-0.3, -0.25) is 9.69 Å². The van der Waals surface area contributed by atoms with Crippen LogP contribution in [-0.2, 0) is 11.3 Å². The number of piperidine rings is 1. The third-order valence-corrected chi connectivity index (χ3v) is 5.02. The highest BCUT2D eigenvalue weighted by molar-refractivity contribution is 5.89. The number of methoxy groups -OCH3 is 1. The molecule has 0 aliphatic carbocycles. The monoisotopic (exact) mass is 372 g/mol. The number of carbonyl (C=O) groups is 1. The summed E-state index contributed by atoms with van der Waals surface area (Å²) >= 11 is 0. The highest BCUT2D eigenvalue weighted by Crippen LogP contribution is 2.29. The summed E-state index contributed by atoms with van der Waals surface area (Å²) in [7, 11) is 3.24. The fraction of sp³-hybridized carbons (Fsp3) is 0.400. The molecule has 1 amide bonds. The second-order valence-corrected chi connectivity index (χ2v) is 6.74. The van der Waals surface area contributed by atoms with Gasteiger partial charge in [0.05, 0.1) is 7.11 Å². The van der Waals surface area contributed by atoms with Gasteiger partial charge < -0.3 is 15.4 Å². The zero-order valence-electron chi connectivity index (χ0n) is 15.7. The van der Waals surface area contributed by atoms with Crippen LogP contribution in [0.15, 0.2) is 42.6 Å². The van der Waals surface area contributed by atoms with Crippen molar-refractivity contribution in [3.63, 3.8) is 0 Å². The van der Waals surface area contributed by atoms with Gasteiger partial charge in [-0.15, -0.1) is 0 Å². The maximum atomic E-state index is 13.5. The highest BCUT2D eigenvalue weighted by atomic mass is 19.1. The molecule has 1 aromatic heterocycles. The summed E-state index contributed by atoms with van der Waals surface area (Å²) in [5, 5.41) is 6.03. The second kappa shape index (κ2) is 8.35. The Hall–Kier alpha value is -2.67. The van der Waals surface area contributed by atoms with Gasteiger partial charge in [-0.05, 0) is 37.1 Å². The molecule has 0 atom stereocenters. The zero-order valence-corrected chi connectivity index (χ0v) is 15.7. The SMILES string of the molecule is CNC(=O)C1(Nc2cccc(F)c2)CCN(Cc2cccnc2OC)CC1. The molecule has 1 aliphatic heterocycles. The Balaban J connectivity index is 1.71. The van der Waals surface area contributed by atoms with E-state index in [-0.39, 0.29) is 11.7 Å². The number of benzene rings is 1. The quantitative estimate of drug-likeness (QED) is 0.815. The van der Waals surface area contributed by atoms with Crippen molar-refractivity contribution >= 4 is 11.6 Å². The summed E-state index contributed by atoms with van der Waals surface area (Å²) in [6, 6.07) is 10.1. The number of nitrogens with zero attached hydrogens (tertiary/aromatic N) is 2. The Bertz CT molecular complexity index is 791. The Kier molecular flexibility index (Phi) is 5.91. The lowest BCUT2D eigenvalue weighted by molar-refractivity contribution is -0.126. The highest BCUT2D eigenvalue weighted by Gasteiger charge is 2.41. The molecule has 7 heteroatoms. The Morgan fingerprint density at radius 2 is 2.07 bits per heavy atom. The molecule has 1 aromatic carbocycles. The van der Waals surface area contributed by atoms with Crippen LogP contribution in [0.4, 0.5) is 10.1 Å². The van der Waals surface area contributed by atoms with E-state index >= 15 is 0 Å². The van der Waals surface area contributed by atoms with Crippen LogP contribution in [-0.4, -0.2) is 48.6 Å². The minimum atomic E-state index is -0.752. The van der Waals surface area contributed by atoms with E-state index < -0.39 is 5.54 Å². The summed E-state index contributed by atoms with van der Waals surface area (Å²) in [5.41, 5.74) is 0.879. The number of pyridine rings is 1. The van der Waals surface area contributed by atoms with E-state index in [9.17, 15) is 9.18 Å². The third-order valence-electron chi connectivity index (χ3n) is 5.02. The molecule has 1 aliphatic rings. The van der Waals surface area contributed by atoms with Crippen LogP contribution in [0.2, 0.25) is 0 Å². The average molecular weight is 372 g/mol. The van der Waals surface area contributed by atoms with Crippen molar-refractivity contribution in [3.8, 4) is 5.88 Å². The van der Waals surface area contributed by atoms with Gasteiger partial charge >= 0.3 is 0 Å².